The molecule has 0 aliphatic rings. The van der Waals surface area contributed by atoms with Crippen molar-refractivity contribution in [3.05, 3.63) is 48.0 Å². The smallest absolute Gasteiger partial charge is 0.407 e. The minimum Gasteiger partial charge on any atom is -0.467 e. The van der Waals surface area contributed by atoms with Crippen molar-refractivity contribution in [3.63, 3.8) is 0 Å². The number of alkyl carbamates (subject to hydrolysis) is 1. The lowest BCUT2D eigenvalue weighted by Crippen LogP contribution is -2.59. The number of methoxy groups -OCH3 is 1. The maximum atomic E-state index is 14.1. The number of aliphatic imine (C=N–C) groups is 1. The molecule has 16 heteroatoms. The van der Waals surface area contributed by atoms with Crippen LogP contribution in [0.1, 0.15) is 45.6 Å². The number of hydrogen-bond donors (Lipinski definition) is 6. The number of esters is 1. The Morgan fingerprint density at radius 2 is 1.57 bits per heavy atom. The number of amides is 5. The molecule has 0 aromatic heterocycles. The van der Waals surface area contributed by atoms with Crippen molar-refractivity contribution in [1.82, 2.24) is 20.9 Å². The molecule has 9 N–H and O–H groups in total. The molecule has 0 bridgehead atoms. The van der Waals surface area contributed by atoms with Crippen molar-refractivity contribution in [2.45, 2.75) is 70.6 Å². The van der Waals surface area contributed by atoms with Crippen molar-refractivity contribution in [2.75, 3.05) is 27.3 Å². The summed E-state index contributed by atoms with van der Waals surface area (Å²) >= 11 is 0. The van der Waals surface area contributed by atoms with E-state index in [1.807, 2.05) is 42.5 Å². The van der Waals surface area contributed by atoms with Crippen molar-refractivity contribution >= 4 is 52.4 Å². The maximum Gasteiger partial charge on any atom is 0.407 e. The Morgan fingerprint density at radius 1 is 0.898 bits per heavy atom. The predicted molar refractivity (Wildman–Crippen MR) is 183 cm³/mol. The lowest BCUT2D eigenvalue weighted by Gasteiger charge is -2.32. The van der Waals surface area contributed by atoms with Gasteiger partial charge in [0.25, 0.3) is 0 Å². The number of fused-ring (bicyclic) bond motifs is 1. The molecular weight excluding hydrogens is 636 g/mol. The highest BCUT2D eigenvalue weighted by Gasteiger charge is 2.36. The van der Waals surface area contributed by atoms with Gasteiger partial charge in [-0.25, -0.2) is 9.59 Å². The van der Waals surface area contributed by atoms with Gasteiger partial charge in [-0.05, 0) is 42.0 Å². The average Bonchev–Trinajstić information content (AvgIpc) is 3.05. The zero-order valence-electron chi connectivity index (χ0n) is 28.6. The second-order valence-electron chi connectivity index (χ2n) is 11.7. The van der Waals surface area contributed by atoms with E-state index >= 15 is 0 Å². The first-order chi connectivity index (χ1) is 23.2. The van der Waals surface area contributed by atoms with Crippen LogP contribution in [0.5, 0.6) is 0 Å². The molecule has 2 aromatic carbocycles. The van der Waals surface area contributed by atoms with Crippen molar-refractivity contribution in [1.29, 1.82) is 0 Å². The molecule has 0 heterocycles. The van der Waals surface area contributed by atoms with Crippen LogP contribution in [-0.4, -0.2) is 98.0 Å². The number of ether oxygens (including phenoxy) is 2. The number of likely N-dealkylation sites (N-methyl/N-ethyl adjacent to an activating group) is 1. The number of nitrogens with one attached hydrogen (secondary N) is 3. The van der Waals surface area contributed by atoms with Gasteiger partial charge in [-0.15, -0.1) is 0 Å². The average molecular weight is 685 g/mol. The number of nitrogens with zero attached hydrogens (tertiary/aromatic N) is 2. The van der Waals surface area contributed by atoms with E-state index in [4.69, 9.17) is 26.7 Å². The third-order valence-corrected chi connectivity index (χ3v) is 7.68. The highest BCUT2D eigenvalue weighted by Crippen LogP contribution is 2.21. The maximum absolute atomic E-state index is 14.1. The standard InChI is InChI=1S/C33H48N8O8/c1-6-49-33(47)39-24(17-21-13-9-12-20-11-7-8-14-22(20)21)30(45)41(4)25(15-10-16-37-32(35)36)29(44)38-23(18-26(34)42)28(43)40-27(19(2)3)31(46)48-5/h7-9,11-14,19,23-25,27H,6,10,15-18H2,1-5H3,(H2,34,42)(H,38,44)(H,39,47)(H,40,43)(H4,35,36,37)/t23-,24+,25-,27-/m0/s1. The highest BCUT2D eigenvalue weighted by molar-refractivity contribution is 5.97. The van der Waals surface area contributed by atoms with Crippen LogP contribution < -0.4 is 33.2 Å². The van der Waals surface area contributed by atoms with Crippen molar-refractivity contribution in [3.8, 4) is 0 Å². The summed E-state index contributed by atoms with van der Waals surface area (Å²) in [6.07, 6.45) is -1.12. The zero-order valence-corrected chi connectivity index (χ0v) is 28.6. The van der Waals surface area contributed by atoms with Gasteiger partial charge >= 0.3 is 12.1 Å². The first-order valence-corrected chi connectivity index (χ1v) is 15.9. The molecule has 0 aliphatic heterocycles. The molecule has 0 spiro atoms. The van der Waals surface area contributed by atoms with E-state index in [0.29, 0.717) is 0 Å². The van der Waals surface area contributed by atoms with Crippen LogP contribution in [0.3, 0.4) is 0 Å². The summed E-state index contributed by atoms with van der Waals surface area (Å²) in [4.78, 5) is 83.2. The molecule has 0 radical (unpaired) electrons. The Morgan fingerprint density at radius 3 is 2.18 bits per heavy atom. The second kappa shape index (κ2) is 19.4. The summed E-state index contributed by atoms with van der Waals surface area (Å²) < 4.78 is 9.84. The molecule has 0 saturated carbocycles. The number of hydrogen-bond acceptors (Lipinski definition) is 9. The molecule has 0 saturated heterocycles. The number of guanidine groups is 1. The van der Waals surface area contributed by atoms with Gasteiger partial charge in [0.15, 0.2) is 5.96 Å². The molecule has 5 amide bonds. The summed E-state index contributed by atoms with van der Waals surface area (Å²) in [5.74, 6) is -4.47. The zero-order chi connectivity index (χ0) is 36.7. The van der Waals surface area contributed by atoms with Crippen LogP contribution >= 0.6 is 0 Å². The minimum absolute atomic E-state index is 0.0208. The van der Waals surface area contributed by atoms with Crippen LogP contribution in [0.2, 0.25) is 0 Å². The molecule has 0 unspecified atom stereocenters. The highest BCUT2D eigenvalue weighted by atomic mass is 16.5. The molecule has 0 fully saturated rings. The lowest BCUT2D eigenvalue weighted by atomic mass is 9.97. The van der Waals surface area contributed by atoms with E-state index in [1.165, 1.54) is 7.05 Å². The summed E-state index contributed by atoms with van der Waals surface area (Å²) in [5, 5.41) is 9.43. The van der Waals surface area contributed by atoms with Crippen LogP contribution in [0, 0.1) is 5.92 Å². The van der Waals surface area contributed by atoms with Crippen LogP contribution in [-0.2, 0) is 39.9 Å². The Hall–Kier alpha value is -5.41. The number of nitrogens with two attached hydrogens (primary N) is 3. The van der Waals surface area contributed by atoms with E-state index in [2.05, 4.69) is 20.9 Å². The second-order valence-corrected chi connectivity index (χ2v) is 11.7. The fourth-order valence-electron chi connectivity index (χ4n) is 5.16. The topological polar surface area (TPSA) is 251 Å². The number of carbonyl (C=O) groups is 6. The van der Waals surface area contributed by atoms with Gasteiger partial charge in [-0.1, -0.05) is 56.3 Å². The number of benzene rings is 2. The van der Waals surface area contributed by atoms with E-state index in [0.717, 1.165) is 28.3 Å². The first-order valence-electron chi connectivity index (χ1n) is 15.9. The van der Waals surface area contributed by atoms with Gasteiger partial charge in [-0.2, -0.15) is 0 Å². The summed E-state index contributed by atoms with van der Waals surface area (Å²) in [7, 11) is 2.54. The number of primary amides is 1. The molecular formula is C33H48N8O8. The SMILES string of the molecule is CCOC(=O)N[C@H](Cc1cccc2ccccc12)C(=O)N(C)[C@@H](CCCN=C(N)N)C(=O)N[C@@H](CC(N)=O)C(=O)N[C@H](C(=O)OC)C(C)C. The quantitative estimate of drug-likeness (QED) is 0.0533. The van der Waals surface area contributed by atoms with Gasteiger partial charge in [0, 0.05) is 20.0 Å². The number of carbonyl (C=O) groups excluding carboxylic acids is 6. The predicted octanol–water partition coefficient (Wildman–Crippen LogP) is 0.0516. The molecule has 49 heavy (non-hydrogen) atoms. The molecule has 0 aliphatic carbocycles. The van der Waals surface area contributed by atoms with Crippen LogP contribution in [0.25, 0.3) is 10.8 Å². The van der Waals surface area contributed by atoms with Crippen molar-refractivity contribution in [2.24, 2.45) is 28.1 Å². The molecule has 268 valence electrons. The Balaban J connectivity index is 2.46. The van der Waals surface area contributed by atoms with E-state index < -0.39 is 66.3 Å². The largest absolute Gasteiger partial charge is 0.467 e. The van der Waals surface area contributed by atoms with Gasteiger partial charge in [0.05, 0.1) is 20.1 Å². The summed E-state index contributed by atoms with van der Waals surface area (Å²) in [6, 6.07) is 8.18. The normalized spacial score (nSPS) is 13.3. The minimum atomic E-state index is -1.50. The summed E-state index contributed by atoms with van der Waals surface area (Å²) in [5.41, 5.74) is 17.1. The van der Waals surface area contributed by atoms with Crippen LogP contribution in [0.15, 0.2) is 47.5 Å². The Kier molecular flexibility index (Phi) is 15.8. The monoisotopic (exact) mass is 684 g/mol. The van der Waals surface area contributed by atoms with E-state index in [1.54, 1.807) is 20.8 Å². The molecule has 2 aromatic rings. The molecule has 2 rings (SSSR count). The molecule has 16 nitrogen and oxygen atoms in total. The fraction of sp³-hybridized carbons (Fsp3) is 0.485. The number of rotatable bonds is 18. The van der Waals surface area contributed by atoms with Crippen molar-refractivity contribution < 1.29 is 38.2 Å². The summed E-state index contributed by atoms with van der Waals surface area (Å²) in [6.45, 7) is 5.15. The van der Waals surface area contributed by atoms with Gasteiger partial charge in [0.2, 0.25) is 23.6 Å². The van der Waals surface area contributed by atoms with Gasteiger partial charge in [-0.3, -0.25) is 24.2 Å². The third kappa shape index (κ3) is 12.3. The Labute approximate surface area is 285 Å². The van der Waals surface area contributed by atoms with Gasteiger partial charge < -0.3 is 47.5 Å². The molecule has 4 atom stereocenters. The van der Waals surface area contributed by atoms with E-state index in [9.17, 15) is 28.8 Å². The fourth-order valence-corrected chi connectivity index (χ4v) is 5.16. The lowest BCUT2D eigenvalue weighted by molar-refractivity contribution is -0.147. The first kappa shape index (κ1) is 39.8. The van der Waals surface area contributed by atoms with Crippen LogP contribution in [0.4, 0.5) is 4.79 Å². The third-order valence-electron chi connectivity index (χ3n) is 7.68. The van der Waals surface area contributed by atoms with Gasteiger partial charge in [0.1, 0.15) is 24.2 Å². The Bertz CT molecular complexity index is 1510. The van der Waals surface area contributed by atoms with E-state index in [-0.39, 0.29) is 44.3 Å².